The van der Waals surface area contributed by atoms with E-state index >= 15 is 0 Å². The summed E-state index contributed by atoms with van der Waals surface area (Å²) in [4.78, 5) is 17.5. The molecule has 0 aliphatic heterocycles. The normalized spacial score (nSPS) is 10.3. The van der Waals surface area contributed by atoms with E-state index in [0.717, 1.165) is 16.1 Å². The molecule has 116 valence electrons. The fourth-order valence-corrected chi connectivity index (χ4v) is 2.78. The second-order valence-corrected chi connectivity index (χ2v) is 6.17. The van der Waals surface area contributed by atoms with Crippen LogP contribution >= 0.6 is 11.3 Å². The minimum atomic E-state index is -0.117. The van der Waals surface area contributed by atoms with Gasteiger partial charge in [-0.15, -0.1) is 11.3 Å². The van der Waals surface area contributed by atoms with E-state index < -0.39 is 0 Å². The molecule has 2 N–H and O–H groups in total. The van der Waals surface area contributed by atoms with E-state index in [0.29, 0.717) is 17.9 Å². The van der Waals surface area contributed by atoms with Crippen LogP contribution in [0.25, 0.3) is 0 Å². The molecular formula is C18H17N3OS. The molecule has 3 aromatic rings. The molecule has 0 aliphatic carbocycles. The average molecular weight is 323 g/mol. The molecular weight excluding hydrogens is 306 g/mol. The summed E-state index contributed by atoms with van der Waals surface area (Å²) < 4.78 is 0. The molecule has 0 saturated carbocycles. The van der Waals surface area contributed by atoms with Crippen LogP contribution in [0.4, 0.5) is 11.5 Å². The molecule has 2 aromatic heterocycles. The highest BCUT2D eigenvalue weighted by Crippen LogP contribution is 2.18. The number of carbonyl (C=O) groups is 1. The highest BCUT2D eigenvalue weighted by Gasteiger charge is 2.07. The average Bonchev–Trinajstić information content (AvgIpc) is 3.09. The first-order chi connectivity index (χ1) is 11.2. The Labute approximate surface area is 139 Å². The monoisotopic (exact) mass is 323 g/mol. The van der Waals surface area contributed by atoms with Crippen LogP contribution in [0.2, 0.25) is 0 Å². The van der Waals surface area contributed by atoms with Gasteiger partial charge in [0.25, 0.3) is 5.91 Å². The van der Waals surface area contributed by atoms with Crippen LogP contribution < -0.4 is 10.6 Å². The summed E-state index contributed by atoms with van der Waals surface area (Å²) >= 11 is 1.62. The van der Waals surface area contributed by atoms with Gasteiger partial charge in [0.1, 0.15) is 5.82 Å². The predicted molar refractivity (Wildman–Crippen MR) is 94.2 cm³/mol. The molecule has 4 nitrogen and oxygen atoms in total. The first-order valence-corrected chi connectivity index (χ1v) is 8.19. The number of para-hydroxylation sites is 1. The molecule has 2 heterocycles. The SMILES string of the molecule is Cc1ccccc1Nc1ccc(C(=O)NCc2cccs2)cn1. The Morgan fingerprint density at radius 1 is 1.13 bits per heavy atom. The van der Waals surface area contributed by atoms with Gasteiger partial charge in [-0.05, 0) is 42.1 Å². The van der Waals surface area contributed by atoms with E-state index in [-0.39, 0.29) is 5.91 Å². The third-order valence-electron chi connectivity index (χ3n) is 3.44. The van der Waals surface area contributed by atoms with Crippen LogP contribution in [0.5, 0.6) is 0 Å². The topological polar surface area (TPSA) is 54.0 Å². The predicted octanol–water partition coefficient (Wildman–Crippen LogP) is 4.13. The van der Waals surface area contributed by atoms with Gasteiger partial charge in [0.05, 0.1) is 12.1 Å². The van der Waals surface area contributed by atoms with E-state index in [1.165, 1.54) is 0 Å². The number of hydrogen-bond donors (Lipinski definition) is 2. The largest absolute Gasteiger partial charge is 0.347 e. The smallest absolute Gasteiger partial charge is 0.253 e. The molecule has 0 bridgehead atoms. The summed E-state index contributed by atoms with van der Waals surface area (Å²) in [5, 5.41) is 8.14. The maximum atomic E-state index is 12.1. The zero-order chi connectivity index (χ0) is 16.1. The van der Waals surface area contributed by atoms with E-state index in [1.807, 2.05) is 54.8 Å². The Bertz CT molecular complexity index is 782. The van der Waals surface area contributed by atoms with Gasteiger partial charge in [-0.2, -0.15) is 0 Å². The summed E-state index contributed by atoms with van der Waals surface area (Å²) in [7, 11) is 0. The number of anilines is 2. The minimum Gasteiger partial charge on any atom is -0.347 e. The van der Waals surface area contributed by atoms with Gasteiger partial charge in [0.15, 0.2) is 0 Å². The van der Waals surface area contributed by atoms with Gasteiger partial charge < -0.3 is 10.6 Å². The van der Waals surface area contributed by atoms with Crippen LogP contribution in [0.15, 0.2) is 60.1 Å². The maximum absolute atomic E-state index is 12.1. The van der Waals surface area contributed by atoms with Crippen molar-refractivity contribution in [1.82, 2.24) is 10.3 Å². The molecule has 1 amide bonds. The first-order valence-electron chi connectivity index (χ1n) is 7.31. The Morgan fingerprint density at radius 2 is 2.00 bits per heavy atom. The van der Waals surface area contributed by atoms with Gasteiger partial charge in [-0.25, -0.2) is 4.98 Å². The van der Waals surface area contributed by atoms with Crippen molar-refractivity contribution in [3.8, 4) is 0 Å². The third kappa shape index (κ3) is 3.96. The number of nitrogens with zero attached hydrogens (tertiary/aromatic N) is 1. The Hall–Kier alpha value is -2.66. The summed E-state index contributed by atoms with van der Waals surface area (Å²) in [5.74, 6) is 0.599. The number of carbonyl (C=O) groups excluding carboxylic acids is 1. The molecule has 0 saturated heterocycles. The molecule has 0 fully saturated rings. The van der Waals surface area contributed by atoms with E-state index in [4.69, 9.17) is 0 Å². The van der Waals surface area contributed by atoms with Crippen molar-refractivity contribution in [2.75, 3.05) is 5.32 Å². The molecule has 23 heavy (non-hydrogen) atoms. The number of aryl methyl sites for hydroxylation is 1. The standard InChI is InChI=1S/C18H17N3OS/c1-13-5-2-3-7-16(13)21-17-9-8-14(11-19-17)18(22)20-12-15-6-4-10-23-15/h2-11H,12H2,1H3,(H,19,21)(H,20,22). The number of amides is 1. The summed E-state index contributed by atoms with van der Waals surface area (Å²) in [6, 6.07) is 15.6. The van der Waals surface area contributed by atoms with Gasteiger partial charge in [-0.1, -0.05) is 24.3 Å². The van der Waals surface area contributed by atoms with Gasteiger partial charge in [0.2, 0.25) is 0 Å². The third-order valence-corrected chi connectivity index (χ3v) is 4.31. The van der Waals surface area contributed by atoms with Crippen molar-refractivity contribution in [2.24, 2.45) is 0 Å². The summed E-state index contributed by atoms with van der Waals surface area (Å²) in [5.41, 5.74) is 2.71. The van der Waals surface area contributed by atoms with Crippen LogP contribution in [-0.4, -0.2) is 10.9 Å². The van der Waals surface area contributed by atoms with Crippen molar-refractivity contribution in [3.63, 3.8) is 0 Å². The molecule has 1 aromatic carbocycles. The molecule has 0 aliphatic rings. The molecule has 0 unspecified atom stereocenters. The zero-order valence-electron chi connectivity index (χ0n) is 12.7. The second-order valence-electron chi connectivity index (χ2n) is 5.13. The highest BCUT2D eigenvalue weighted by atomic mass is 32.1. The molecule has 0 spiro atoms. The van der Waals surface area contributed by atoms with E-state index in [9.17, 15) is 4.79 Å². The zero-order valence-corrected chi connectivity index (χ0v) is 13.6. The number of aromatic nitrogens is 1. The lowest BCUT2D eigenvalue weighted by molar-refractivity contribution is 0.0951. The quantitative estimate of drug-likeness (QED) is 0.742. The van der Waals surface area contributed by atoms with Crippen molar-refractivity contribution >= 4 is 28.7 Å². The van der Waals surface area contributed by atoms with E-state index in [2.05, 4.69) is 15.6 Å². The molecule has 5 heteroatoms. The fraction of sp³-hybridized carbons (Fsp3) is 0.111. The van der Waals surface area contributed by atoms with Crippen LogP contribution in [0.1, 0.15) is 20.8 Å². The number of thiophene rings is 1. The van der Waals surface area contributed by atoms with E-state index in [1.54, 1.807) is 23.6 Å². The lowest BCUT2D eigenvalue weighted by atomic mass is 10.2. The van der Waals surface area contributed by atoms with Crippen LogP contribution in [0, 0.1) is 6.92 Å². The number of rotatable bonds is 5. The number of benzene rings is 1. The Kier molecular flexibility index (Phi) is 4.68. The number of hydrogen-bond acceptors (Lipinski definition) is 4. The lowest BCUT2D eigenvalue weighted by Crippen LogP contribution is -2.22. The lowest BCUT2D eigenvalue weighted by Gasteiger charge is -2.09. The van der Waals surface area contributed by atoms with Crippen LogP contribution in [-0.2, 0) is 6.54 Å². The molecule has 0 atom stereocenters. The second kappa shape index (κ2) is 7.07. The Balaban J connectivity index is 1.62. The minimum absolute atomic E-state index is 0.117. The van der Waals surface area contributed by atoms with Gasteiger partial charge >= 0.3 is 0 Å². The van der Waals surface area contributed by atoms with Gasteiger partial charge in [-0.3, -0.25) is 4.79 Å². The van der Waals surface area contributed by atoms with Crippen LogP contribution in [0.3, 0.4) is 0 Å². The summed E-state index contributed by atoms with van der Waals surface area (Å²) in [6.45, 7) is 2.58. The van der Waals surface area contributed by atoms with Crippen molar-refractivity contribution in [2.45, 2.75) is 13.5 Å². The first kappa shape index (κ1) is 15.2. The van der Waals surface area contributed by atoms with Crippen molar-refractivity contribution in [3.05, 3.63) is 76.1 Å². The van der Waals surface area contributed by atoms with Crippen molar-refractivity contribution in [1.29, 1.82) is 0 Å². The molecule has 3 rings (SSSR count). The number of pyridine rings is 1. The van der Waals surface area contributed by atoms with Crippen molar-refractivity contribution < 1.29 is 4.79 Å². The van der Waals surface area contributed by atoms with Gasteiger partial charge in [0, 0.05) is 16.8 Å². The fourth-order valence-electron chi connectivity index (χ4n) is 2.14. The molecule has 0 radical (unpaired) electrons. The highest BCUT2D eigenvalue weighted by molar-refractivity contribution is 7.09. The summed E-state index contributed by atoms with van der Waals surface area (Å²) in [6.07, 6.45) is 1.59. The Morgan fingerprint density at radius 3 is 2.70 bits per heavy atom. The maximum Gasteiger partial charge on any atom is 0.253 e. The number of nitrogens with one attached hydrogen (secondary N) is 2.